The molecule has 5 heteroatoms. The predicted molar refractivity (Wildman–Crippen MR) is 82.9 cm³/mol. The fraction of sp³-hybridized carbons (Fsp3) is 0.500. The summed E-state index contributed by atoms with van der Waals surface area (Å²) < 4.78 is 10.7. The zero-order valence-electron chi connectivity index (χ0n) is 12.7. The van der Waals surface area contributed by atoms with E-state index in [4.69, 9.17) is 9.47 Å². The van der Waals surface area contributed by atoms with Crippen LogP contribution in [0.2, 0.25) is 0 Å². The second kappa shape index (κ2) is 5.85. The number of benzene rings is 1. The molecule has 0 bridgehead atoms. The molecule has 2 atom stereocenters. The smallest absolute Gasteiger partial charge is 0.137 e. The number of aromatic nitrogens is 2. The molecule has 1 aromatic heterocycles. The normalized spacial score (nSPS) is 21.7. The maximum atomic E-state index is 5.43. The highest BCUT2D eigenvalue weighted by Crippen LogP contribution is 2.29. The van der Waals surface area contributed by atoms with Gasteiger partial charge in [-0.15, -0.1) is 0 Å². The fourth-order valence-corrected chi connectivity index (χ4v) is 2.94. The lowest BCUT2D eigenvalue weighted by Crippen LogP contribution is -2.18. The Kier molecular flexibility index (Phi) is 3.92. The van der Waals surface area contributed by atoms with Crippen molar-refractivity contribution in [3.63, 3.8) is 0 Å². The van der Waals surface area contributed by atoms with Crippen molar-refractivity contribution >= 4 is 16.7 Å². The summed E-state index contributed by atoms with van der Waals surface area (Å²) in [5.74, 6) is 2.48. The first-order valence-electron chi connectivity index (χ1n) is 7.31. The van der Waals surface area contributed by atoms with Crippen molar-refractivity contribution in [2.24, 2.45) is 0 Å². The number of hydrogen-bond donors (Lipinski definition) is 1. The number of aryl methyl sites for hydroxylation is 1. The highest BCUT2D eigenvalue weighted by molar-refractivity contribution is 5.90. The van der Waals surface area contributed by atoms with Gasteiger partial charge in [-0.25, -0.2) is 9.97 Å². The van der Waals surface area contributed by atoms with Crippen LogP contribution >= 0.6 is 0 Å². The molecule has 0 aliphatic heterocycles. The summed E-state index contributed by atoms with van der Waals surface area (Å²) in [6.45, 7) is 1.92. The predicted octanol–water partition coefficient (Wildman–Crippen LogP) is 2.93. The molecule has 1 aliphatic rings. The minimum Gasteiger partial charge on any atom is -0.497 e. The van der Waals surface area contributed by atoms with Crippen molar-refractivity contribution < 1.29 is 9.47 Å². The number of nitrogens with one attached hydrogen (secondary N) is 1. The quantitative estimate of drug-likeness (QED) is 0.937. The van der Waals surface area contributed by atoms with E-state index < -0.39 is 0 Å². The van der Waals surface area contributed by atoms with Crippen molar-refractivity contribution in [2.45, 2.75) is 38.3 Å². The Bertz CT molecular complexity index is 645. The van der Waals surface area contributed by atoms with Gasteiger partial charge in [0.1, 0.15) is 17.4 Å². The molecule has 3 rings (SSSR count). The zero-order valence-corrected chi connectivity index (χ0v) is 12.7. The minimum atomic E-state index is 0.353. The highest BCUT2D eigenvalue weighted by Gasteiger charge is 2.25. The van der Waals surface area contributed by atoms with E-state index in [1.807, 2.05) is 25.1 Å². The molecule has 0 radical (unpaired) electrons. The molecule has 1 fully saturated rings. The van der Waals surface area contributed by atoms with E-state index in [0.29, 0.717) is 12.1 Å². The standard InChI is InChI=1S/C16H21N3O2/c1-10-17-15-7-6-13(21-3)9-14(15)16(18-10)19-11-4-5-12(8-11)20-2/h6-7,9,11-12H,4-5,8H2,1-3H3,(H,17,18,19). The molecular formula is C16H21N3O2. The van der Waals surface area contributed by atoms with Gasteiger partial charge in [0.05, 0.1) is 18.7 Å². The van der Waals surface area contributed by atoms with Gasteiger partial charge in [0.25, 0.3) is 0 Å². The minimum absolute atomic E-state index is 0.353. The van der Waals surface area contributed by atoms with Gasteiger partial charge in [0.15, 0.2) is 0 Å². The summed E-state index contributed by atoms with van der Waals surface area (Å²) in [6.07, 6.45) is 3.57. The third kappa shape index (κ3) is 2.93. The zero-order chi connectivity index (χ0) is 14.8. The molecule has 112 valence electrons. The third-order valence-corrected chi connectivity index (χ3v) is 4.07. The molecule has 21 heavy (non-hydrogen) atoms. The first-order valence-corrected chi connectivity index (χ1v) is 7.31. The van der Waals surface area contributed by atoms with Crippen LogP contribution in [0.4, 0.5) is 5.82 Å². The molecule has 1 aliphatic carbocycles. The van der Waals surface area contributed by atoms with E-state index >= 15 is 0 Å². The molecule has 1 N–H and O–H groups in total. The lowest BCUT2D eigenvalue weighted by molar-refractivity contribution is 0.108. The molecule has 1 aromatic carbocycles. The molecule has 0 saturated heterocycles. The lowest BCUT2D eigenvalue weighted by Gasteiger charge is -2.16. The second-order valence-corrected chi connectivity index (χ2v) is 5.51. The van der Waals surface area contributed by atoms with Gasteiger partial charge in [-0.3, -0.25) is 0 Å². The average molecular weight is 287 g/mol. The monoisotopic (exact) mass is 287 g/mol. The Morgan fingerprint density at radius 2 is 2.05 bits per heavy atom. The number of methoxy groups -OCH3 is 2. The van der Waals surface area contributed by atoms with Crippen LogP contribution in [-0.2, 0) is 4.74 Å². The third-order valence-electron chi connectivity index (χ3n) is 4.07. The molecule has 1 heterocycles. The van der Waals surface area contributed by atoms with Gasteiger partial charge in [0, 0.05) is 18.5 Å². The Balaban J connectivity index is 1.93. The summed E-state index contributed by atoms with van der Waals surface area (Å²) in [7, 11) is 3.45. The first kappa shape index (κ1) is 14.1. The Hall–Kier alpha value is -1.88. The van der Waals surface area contributed by atoms with Gasteiger partial charge < -0.3 is 14.8 Å². The van der Waals surface area contributed by atoms with E-state index in [2.05, 4.69) is 15.3 Å². The van der Waals surface area contributed by atoms with E-state index in [0.717, 1.165) is 47.6 Å². The van der Waals surface area contributed by atoms with Gasteiger partial charge in [-0.1, -0.05) is 0 Å². The summed E-state index contributed by atoms with van der Waals surface area (Å²) in [5.41, 5.74) is 0.937. The molecule has 0 spiro atoms. The average Bonchev–Trinajstić information content (AvgIpc) is 2.94. The number of fused-ring (bicyclic) bond motifs is 1. The lowest BCUT2D eigenvalue weighted by atomic mass is 10.2. The number of anilines is 1. The first-order chi connectivity index (χ1) is 10.2. The van der Waals surface area contributed by atoms with Gasteiger partial charge in [-0.05, 0) is 44.4 Å². The van der Waals surface area contributed by atoms with Gasteiger partial charge >= 0.3 is 0 Å². The van der Waals surface area contributed by atoms with E-state index in [1.54, 1.807) is 14.2 Å². The number of ether oxygens (including phenoxy) is 2. The van der Waals surface area contributed by atoms with Crippen LogP contribution < -0.4 is 10.1 Å². The molecule has 2 unspecified atom stereocenters. The van der Waals surface area contributed by atoms with E-state index in [9.17, 15) is 0 Å². The summed E-state index contributed by atoms with van der Waals surface area (Å²) >= 11 is 0. The molecule has 0 amide bonds. The molecular weight excluding hydrogens is 266 g/mol. The van der Waals surface area contributed by atoms with Crippen LogP contribution in [0.1, 0.15) is 25.1 Å². The largest absolute Gasteiger partial charge is 0.497 e. The van der Waals surface area contributed by atoms with Gasteiger partial charge in [-0.2, -0.15) is 0 Å². The van der Waals surface area contributed by atoms with Crippen LogP contribution in [0.3, 0.4) is 0 Å². The SMILES string of the molecule is COc1ccc2nc(C)nc(NC3CCC(OC)C3)c2c1. The second-order valence-electron chi connectivity index (χ2n) is 5.51. The van der Waals surface area contributed by atoms with Crippen LogP contribution in [0.15, 0.2) is 18.2 Å². The maximum absolute atomic E-state index is 5.43. The van der Waals surface area contributed by atoms with Crippen molar-refractivity contribution in [3.05, 3.63) is 24.0 Å². The van der Waals surface area contributed by atoms with Crippen LogP contribution in [0.5, 0.6) is 5.75 Å². The van der Waals surface area contributed by atoms with Crippen molar-refractivity contribution in [2.75, 3.05) is 19.5 Å². The number of rotatable bonds is 4. The Morgan fingerprint density at radius 3 is 2.76 bits per heavy atom. The highest BCUT2D eigenvalue weighted by atomic mass is 16.5. The summed E-state index contributed by atoms with van der Waals surface area (Å²) in [4.78, 5) is 9.06. The van der Waals surface area contributed by atoms with E-state index in [1.165, 1.54) is 0 Å². The topological polar surface area (TPSA) is 56.3 Å². The van der Waals surface area contributed by atoms with Crippen LogP contribution in [0.25, 0.3) is 10.9 Å². The molecule has 1 saturated carbocycles. The van der Waals surface area contributed by atoms with Crippen molar-refractivity contribution in [3.8, 4) is 5.75 Å². The van der Waals surface area contributed by atoms with Crippen molar-refractivity contribution in [1.82, 2.24) is 9.97 Å². The summed E-state index contributed by atoms with van der Waals surface area (Å²) in [6, 6.07) is 6.29. The Morgan fingerprint density at radius 1 is 1.19 bits per heavy atom. The van der Waals surface area contributed by atoms with Crippen molar-refractivity contribution in [1.29, 1.82) is 0 Å². The molecule has 2 aromatic rings. The van der Waals surface area contributed by atoms with E-state index in [-0.39, 0.29) is 0 Å². The van der Waals surface area contributed by atoms with Crippen LogP contribution in [0, 0.1) is 6.92 Å². The number of hydrogen-bond acceptors (Lipinski definition) is 5. The number of nitrogens with zero attached hydrogens (tertiary/aromatic N) is 2. The fourth-order valence-electron chi connectivity index (χ4n) is 2.94. The summed E-state index contributed by atoms with van der Waals surface area (Å²) in [5, 5.41) is 4.55. The maximum Gasteiger partial charge on any atom is 0.137 e. The molecule has 5 nitrogen and oxygen atoms in total. The van der Waals surface area contributed by atoms with Crippen LogP contribution in [-0.4, -0.2) is 36.3 Å². The van der Waals surface area contributed by atoms with Gasteiger partial charge in [0.2, 0.25) is 0 Å². The Labute approximate surface area is 124 Å².